The zero-order chi connectivity index (χ0) is 12.3. The van der Waals surface area contributed by atoms with Crippen LogP contribution in [0.5, 0.6) is 0 Å². The van der Waals surface area contributed by atoms with Crippen LogP contribution in [0.25, 0.3) is 0 Å². The van der Waals surface area contributed by atoms with Crippen molar-refractivity contribution in [3.05, 3.63) is 16.8 Å². The molecule has 0 unspecified atom stereocenters. The minimum atomic E-state index is -0.554. The Hall–Kier alpha value is -2.07. The second-order valence-corrected chi connectivity index (χ2v) is 4.14. The van der Waals surface area contributed by atoms with Crippen LogP contribution < -0.4 is 5.32 Å². The molecule has 0 fully saturated rings. The summed E-state index contributed by atoms with van der Waals surface area (Å²) in [6.07, 6.45) is 5.37. The second-order valence-electron chi connectivity index (χ2n) is 4.14. The highest BCUT2D eigenvalue weighted by Crippen LogP contribution is 2.20. The summed E-state index contributed by atoms with van der Waals surface area (Å²) in [6.45, 7) is 7.34. The van der Waals surface area contributed by atoms with Crippen molar-refractivity contribution < 1.29 is 0 Å². The van der Waals surface area contributed by atoms with Gasteiger partial charge in [-0.15, -0.1) is 11.5 Å². The van der Waals surface area contributed by atoms with Crippen LogP contribution in [-0.4, -0.2) is 15.7 Å². The summed E-state index contributed by atoms with van der Waals surface area (Å²) in [7, 11) is 0. The Morgan fingerprint density at radius 3 is 2.44 bits per heavy atom. The molecule has 0 saturated heterocycles. The molecule has 1 aromatic heterocycles. The number of anilines is 1. The highest BCUT2D eigenvalue weighted by molar-refractivity contribution is 5.57. The van der Waals surface area contributed by atoms with Gasteiger partial charge >= 0.3 is 0 Å². The van der Waals surface area contributed by atoms with E-state index in [2.05, 4.69) is 27.5 Å². The molecule has 1 rings (SSSR count). The number of nitriles is 1. The van der Waals surface area contributed by atoms with Crippen molar-refractivity contribution in [2.75, 3.05) is 5.32 Å². The molecule has 1 heterocycles. The first-order valence-corrected chi connectivity index (χ1v) is 4.91. The number of aromatic nitrogens is 2. The van der Waals surface area contributed by atoms with Gasteiger partial charge in [0, 0.05) is 0 Å². The Bertz CT molecular complexity index is 489. The fourth-order valence-electron chi connectivity index (χ4n) is 1.16. The first-order chi connectivity index (χ1) is 7.41. The maximum atomic E-state index is 9.08. The predicted octanol–water partition coefficient (Wildman–Crippen LogP) is 1.79. The number of nitrogens with one attached hydrogen (secondary N) is 1. The first-order valence-electron chi connectivity index (χ1n) is 4.91. The molecule has 4 nitrogen and oxygen atoms in total. The normalized spacial score (nSPS) is 10.4. The van der Waals surface area contributed by atoms with Crippen molar-refractivity contribution in [2.24, 2.45) is 0 Å². The SMILES string of the molecule is C#CC(C)(C)Nc1nnc(C)c(C)c1C#N. The van der Waals surface area contributed by atoms with E-state index >= 15 is 0 Å². The van der Waals surface area contributed by atoms with Gasteiger partial charge < -0.3 is 5.32 Å². The van der Waals surface area contributed by atoms with Gasteiger partial charge in [0.2, 0.25) is 0 Å². The highest BCUT2D eigenvalue weighted by Gasteiger charge is 2.18. The van der Waals surface area contributed by atoms with Gasteiger partial charge in [-0.1, -0.05) is 5.92 Å². The van der Waals surface area contributed by atoms with Crippen molar-refractivity contribution in [1.82, 2.24) is 10.2 Å². The Labute approximate surface area is 95.7 Å². The van der Waals surface area contributed by atoms with Gasteiger partial charge in [-0.2, -0.15) is 10.4 Å². The van der Waals surface area contributed by atoms with E-state index in [4.69, 9.17) is 11.7 Å². The maximum Gasteiger partial charge on any atom is 0.168 e. The lowest BCUT2D eigenvalue weighted by molar-refractivity contribution is 0.728. The Morgan fingerprint density at radius 1 is 1.31 bits per heavy atom. The molecule has 0 amide bonds. The van der Waals surface area contributed by atoms with E-state index in [1.165, 1.54) is 0 Å². The smallest absolute Gasteiger partial charge is 0.168 e. The van der Waals surface area contributed by atoms with Crippen LogP contribution in [0, 0.1) is 37.5 Å². The van der Waals surface area contributed by atoms with Crippen molar-refractivity contribution in [1.29, 1.82) is 5.26 Å². The lowest BCUT2D eigenvalue weighted by Gasteiger charge is -2.21. The van der Waals surface area contributed by atoms with E-state index < -0.39 is 5.54 Å². The fourth-order valence-corrected chi connectivity index (χ4v) is 1.16. The van der Waals surface area contributed by atoms with E-state index in [0.29, 0.717) is 11.4 Å². The largest absolute Gasteiger partial charge is 0.352 e. The van der Waals surface area contributed by atoms with Gasteiger partial charge in [0.25, 0.3) is 0 Å². The molecule has 0 bridgehead atoms. The summed E-state index contributed by atoms with van der Waals surface area (Å²) in [6, 6.07) is 2.12. The number of hydrogen-bond acceptors (Lipinski definition) is 4. The van der Waals surface area contributed by atoms with Crippen LogP contribution in [0.2, 0.25) is 0 Å². The monoisotopic (exact) mass is 214 g/mol. The molecule has 0 aromatic carbocycles. The molecule has 4 heteroatoms. The number of rotatable bonds is 2. The molecule has 1 aromatic rings. The van der Waals surface area contributed by atoms with E-state index in [9.17, 15) is 0 Å². The van der Waals surface area contributed by atoms with E-state index in [0.717, 1.165) is 11.3 Å². The van der Waals surface area contributed by atoms with Crippen LogP contribution in [-0.2, 0) is 0 Å². The average molecular weight is 214 g/mol. The lowest BCUT2D eigenvalue weighted by Crippen LogP contribution is -2.30. The van der Waals surface area contributed by atoms with E-state index in [1.807, 2.05) is 27.7 Å². The third kappa shape index (κ3) is 2.29. The minimum absolute atomic E-state index is 0.438. The molecule has 0 aliphatic rings. The van der Waals surface area contributed by atoms with Crippen molar-refractivity contribution in [3.8, 4) is 18.4 Å². The summed E-state index contributed by atoms with van der Waals surface area (Å²) < 4.78 is 0. The standard InChI is InChI=1S/C12H14N4/c1-6-12(4,5)14-11-10(7-13)8(2)9(3)15-16-11/h1H,2-5H3,(H,14,16). The number of terminal acetylenes is 1. The van der Waals surface area contributed by atoms with Crippen LogP contribution in [0.4, 0.5) is 5.82 Å². The molecule has 0 atom stereocenters. The summed E-state index contributed by atoms with van der Waals surface area (Å²) in [5.41, 5.74) is 1.52. The zero-order valence-electron chi connectivity index (χ0n) is 9.92. The molecule has 0 spiro atoms. The third-order valence-corrected chi connectivity index (χ3v) is 2.36. The van der Waals surface area contributed by atoms with Crippen molar-refractivity contribution >= 4 is 5.82 Å². The third-order valence-electron chi connectivity index (χ3n) is 2.36. The summed E-state index contributed by atoms with van der Waals surface area (Å²) in [5, 5.41) is 20.0. The van der Waals surface area contributed by atoms with Crippen molar-refractivity contribution in [2.45, 2.75) is 33.2 Å². The molecular weight excluding hydrogens is 200 g/mol. The lowest BCUT2D eigenvalue weighted by atomic mass is 10.1. The Morgan fingerprint density at radius 2 is 1.94 bits per heavy atom. The molecular formula is C12H14N4. The fraction of sp³-hybridized carbons (Fsp3) is 0.417. The van der Waals surface area contributed by atoms with Gasteiger partial charge in [-0.25, -0.2) is 0 Å². The van der Waals surface area contributed by atoms with Gasteiger partial charge in [0.1, 0.15) is 11.6 Å². The first kappa shape index (κ1) is 12.0. The predicted molar refractivity (Wildman–Crippen MR) is 62.8 cm³/mol. The van der Waals surface area contributed by atoms with Gasteiger partial charge in [0.05, 0.1) is 11.2 Å². The van der Waals surface area contributed by atoms with Crippen molar-refractivity contribution in [3.63, 3.8) is 0 Å². The summed E-state index contributed by atoms with van der Waals surface area (Å²) >= 11 is 0. The van der Waals surface area contributed by atoms with Gasteiger partial charge in [-0.3, -0.25) is 0 Å². The molecule has 0 radical (unpaired) electrons. The van der Waals surface area contributed by atoms with E-state index in [-0.39, 0.29) is 0 Å². The Balaban J connectivity index is 3.23. The second kappa shape index (κ2) is 4.20. The summed E-state index contributed by atoms with van der Waals surface area (Å²) in [5.74, 6) is 3.03. The number of hydrogen-bond donors (Lipinski definition) is 1. The van der Waals surface area contributed by atoms with Crippen LogP contribution in [0.1, 0.15) is 30.7 Å². The molecule has 0 saturated carbocycles. The van der Waals surface area contributed by atoms with Crippen LogP contribution >= 0.6 is 0 Å². The quantitative estimate of drug-likeness (QED) is 0.762. The zero-order valence-corrected chi connectivity index (χ0v) is 9.92. The molecule has 1 N–H and O–H groups in total. The highest BCUT2D eigenvalue weighted by atomic mass is 15.2. The number of nitrogens with zero attached hydrogens (tertiary/aromatic N) is 3. The molecule has 82 valence electrons. The van der Waals surface area contributed by atoms with Crippen LogP contribution in [0.15, 0.2) is 0 Å². The molecule has 0 aliphatic heterocycles. The van der Waals surface area contributed by atoms with Crippen LogP contribution in [0.3, 0.4) is 0 Å². The van der Waals surface area contributed by atoms with Gasteiger partial charge in [0.15, 0.2) is 5.82 Å². The molecule has 16 heavy (non-hydrogen) atoms. The number of aryl methyl sites for hydroxylation is 1. The average Bonchev–Trinajstić information content (AvgIpc) is 2.24. The van der Waals surface area contributed by atoms with E-state index in [1.54, 1.807) is 0 Å². The maximum absolute atomic E-state index is 9.08. The minimum Gasteiger partial charge on any atom is -0.352 e. The Kier molecular flexibility index (Phi) is 3.15. The van der Waals surface area contributed by atoms with Gasteiger partial charge in [-0.05, 0) is 33.3 Å². The topological polar surface area (TPSA) is 61.6 Å². The summed E-state index contributed by atoms with van der Waals surface area (Å²) in [4.78, 5) is 0. The molecule has 0 aliphatic carbocycles.